The number of aryl methyl sites for hydroxylation is 1. The topological polar surface area (TPSA) is 20.3 Å². The minimum Gasteiger partial charge on any atom is -0.326 e. The zero-order valence-electron chi connectivity index (χ0n) is 15.7. The van der Waals surface area contributed by atoms with Gasteiger partial charge in [0.25, 0.3) is 5.91 Å². The molecular formula is C22H26FN2O+. The first-order chi connectivity index (χ1) is 12.4. The highest BCUT2D eigenvalue weighted by atomic mass is 19.1. The highest BCUT2D eigenvalue weighted by Gasteiger charge is 2.48. The van der Waals surface area contributed by atoms with E-state index in [-0.39, 0.29) is 17.8 Å². The first-order valence-corrected chi connectivity index (χ1v) is 9.45. The van der Waals surface area contributed by atoms with Crippen LogP contribution in [0.15, 0.2) is 42.5 Å². The van der Waals surface area contributed by atoms with Gasteiger partial charge in [-0.1, -0.05) is 17.7 Å². The number of quaternary nitrogens is 1. The van der Waals surface area contributed by atoms with Gasteiger partial charge in [-0.05, 0) is 49.7 Å². The molecule has 2 aromatic carbocycles. The lowest BCUT2D eigenvalue weighted by Gasteiger charge is -2.43. The van der Waals surface area contributed by atoms with Gasteiger partial charge in [0.2, 0.25) is 0 Å². The van der Waals surface area contributed by atoms with Crippen molar-refractivity contribution in [3.8, 4) is 0 Å². The fraction of sp³-hybridized carbons (Fsp3) is 0.409. The molecule has 1 fully saturated rings. The summed E-state index contributed by atoms with van der Waals surface area (Å²) in [4.78, 5) is 15.3. The summed E-state index contributed by atoms with van der Waals surface area (Å²) in [6.07, 6.45) is 0.996. The van der Waals surface area contributed by atoms with Crippen LogP contribution in [0.25, 0.3) is 0 Å². The van der Waals surface area contributed by atoms with Gasteiger partial charge in [0.15, 0.2) is 0 Å². The molecule has 4 rings (SSSR count). The normalized spacial score (nSPS) is 27.2. The number of anilines is 1. The molecule has 26 heavy (non-hydrogen) atoms. The largest absolute Gasteiger partial charge is 0.326 e. The third-order valence-corrected chi connectivity index (χ3v) is 6.31. The predicted octanol–water partition coefficient (Wildman–Crippen LogP) is 4.12. The van der Waals surface area contributed by atoms with E-state index in [0.29, 0.717) is 11.5 Å². The smallest absolute Gasteiger partial charge is 0.258 e. The number of rotatable bonds is 2. The molecule has 0 N–H and O–H groups in total. The monoisotopic (exact) mass is 353 g/mol. The van der Waals surface area contributed by atoms with Crippen LogP contribution in [-0.2, 0) is 0 Å². The maximum absolute atomic E-state index is 13.3. The summed E-state index contributed by atoms with van der Waals surface area (Å²) in [6.45, 7) is 7.60. The number of likely N-dealkylation sites (tertiary alicyclic amines) is 1. The second kappa shape index (κ2) is 6.20. The molecule has 2 aliphatic rings. The fourth-order valence-electron chi connectivity index (χ4n) is 4.60. The zero-order chi connectivity index (χ0) is 18.5. The van der Waals surface area contributed by atoms with E-state index < -0.39 is 0 Å². The second-order valence-electron chi connectivity index (χ2n) is 8.05. The van der Waals surface area contributed by atoms with Crippen LogP contribution < -0.4 is 4.90 Å². The van der Waals surface area contributed by atoms with Gasteiger partial charge in [0.05, 0.1) is 38.6 Å². The van der Waals surface area contributed by atoms with Gasteiger partial charge >= 0.3 is 0 Å². The zero-order valence-corrected chi connectivity index (χ0v) is 15.7. The Morgan fingerprint density at radius 2 is 1.96 bits per heavy atom. The van der Waals surface area contributed by atoms with Crippen molar-refractivity contribution in [1.82, 2.24) is 0 Å². The Morgan fingerprint density at radius 3 is 2.65 bits per heavy atom. The fourth-order valence-corrected chi connectivity index (χ4v) is 4.60. The van der Waals surface area contributed by atoms with E-state index in [2.05, 4.69) is 39.1 Å². The van der Waals surface area contributed by atoms with Crippen molar-refractivity contribution >= 4 is 11.6 Å². The number of halogens is 1. The third-order valence-electron chi connectivity index (χ3n) is 6.31. The molecule has 1 saturated heterocycles. The average molecular weight is 353 g/mol. The first kappa shape index (κ1) is 17.2. The number of fused-ring (bicyclic) bond motifs is 3. The summed E-state index contributed by atoms with van der Waals surface area (Å²) >= 11 is 0. The lowest BCUT2D eigenvalue weighted by atomic mass is 9.87. The molecule has 0 spiro atoms. The number of hydrogen-bond acceptors (Lipinski definition) is 1. The summed E-state index contributed by atoms with van der Waals surface area (Å²) in [6, 6.07) is 12.5. The molecule has 0 unspecified atom stereocenters. The Balaban J connectivity index is 1.76. The lowest BCUT2D eigenvalue weighted by molar-refractivity contribution is -0.913. The number of nitrogens with zero attached hydrogens (tertiary/aromatic N) is 2. The average Bonchev–Trinajstić information content (AvgIpc) is 2.94. The molecule has 0 bridgehead atoms. The molecule has 0 saturated carbocycles. The van der Waals surface area contributed by atoms with Crippen LogP contribution in [0.5, 0.6) is 0 Å². The number of likely N-dealkylation sites (N-methyl/N-ethyl adjacent to an activating group) is 1. The molecule has 0 aliphatic carbocycles. The molecule has 0 aromatic heterocycles. The summed E-state index contributed by atoms with van der Waals surface area (Å²) in [5.41, 5.74) is 4.11. The van der Waals surface area contributed by atoms with Crippen molar-refractivity contribution in [1.29, 1.82) is 0 Å². The Labute approximate surface area is 154 Å². The highest BCUT2D eigenvalue weighted by molar-refractivity contribution is 6.08. The first-order valence-electron chi connectivity index (χ1n) is 9.45. The van der Waals surface area contributed by atoms with Gasteiger partial charge in [-0.15, -0.1) is 0 Å². The van der Waals surface area contributed by atoms with Crippen molar-refractivity contribution < 1.29 is 13.7 Å². The molecule has 0 radical (unpaired) electrons. The Morgan fingerprint density at radius 1 is 1.23 bits per heavy atom. The van der Waals surface area contributed by atoms with E-state index in [1.165, 1.54) is 23.3 Å². The summed E-state index contributed by atoms with van der Waals surface area (Å²) in [5, 5.41) is 0. The summed E-state index contributed by atoms with van der Waals surface area (Å²) in [7, 11) is 2.32. The van der Waals surface area contributed by atoms with Crippen LogP contribution in [0, 0.1) is 12.7 Å². The van der Waals surface area contributed by atoms with Crippen LogP contribution in [0.1, 0.15) is 40.7 Å². The standard InChI is InChI=1S/C22H26FN2O/c1-4-25(3)12-11-21-19(14-25)18-13-15(2)5-10-20(18)24(21)22(26)16-6-8-17(23)9-7-16/h5-10,13,19,21H,4,11-12,14H2,1-3H3/q+1/t19-,21-,25+/m0/s1. The van der Waals surface area contributed by atoms with Gasteiger partial charge in [-0.3, -0.25) is 4.79 Å². The maximum Gasteiger partial charge on any atom is 0.258 e. The van der Waals surface area contributed by atoms with Crippen molar-refractivity contribution in [3.05, 3.63) is 65.0 Å². The van der Waals surface area contributed by atoms with E-state index in [9.17, 15) is 9.18 Å². The van der Waals surface area contributed by atoms with Crippen molar-refractivity contribution in [2.24, 2.45) is 0 Å². The van der Waals surface area contributed by atoms with E-state index in [1.807, 2.05) is 4.90 Å². The molecule has 2 heterocycles. The molecule has 4 heteroatoms. The number of benzene rings is 2. The highest BCUT2D eigenvalue weighted by Crippen LogP contribution is 2.46. The van der Waals surface area contributed by atoms with Gasteiger partial charge in [-0.25, -0.2) is 4.39 Å². The second-order valence-corrected chi connectivity index (χ2v) is 8.05. The number of hydrogen-bond donors (Lipinski definition) is 0. The van der Waals surface area contributed by atoms with Gasteiger partial charge in [-0.2, -0.15) is 0 Å². The third kappa shape index (κ3) is 2.73. The molecule has 1 amide bonds. The number of carbonyl (C=O) groups is 1. The molecule has 2 aliphatic heterocycles. The minimum atomic E-state index is -0.314. The van der Waals surface area contributed by atoms with Crippen LogP contribution in [-0.4, -0.2) is 43.1 Å². The molecule has 136 valence electrons. The maximum atomic E-state index is 13.3. The van der Waals surface area contributed by atoms with Crippen LogP contribution in [0.4, 0.5) is 10.1 Å². The Hall–Kier alpha value is -2.20. The number of carbonyl (C=O) groups excluding carboxylic acids is 1. The van der Waals surface area contributed by atoms with E-state index in [4.69, 9.17) is 0 Å². The molecule has 3 nitrogen and oxygen atoms in total. The van der Waals surface area contributed by atoms with Gasteiger partial charge in [0.1, 0.15) is 5.82 Å². The lowest BCUT2D eigenvalue weighted by Crippen LogP contribution is -2.56. The Bertz CT molecular complexity index is 848. The number of amides is 1. The SMILES string of the molecule is CC[N@+]1(C)CC[C@H]2[C@@H](C1)c1cc(C)ccc1N2C(=O)c1ccc(F)cc1. The van der Waals surface area contributed by atoms with Crippen molar-refractivity contribution in [3.63, 3.8) is 0 Å². The van der Waals surface area contributed by atoms with Gasteiger partial charge in [0, 0.05) is 17.7 Å². The van der Waals surface area contributed by atoms with Crippen LogP contribution in [0.2, 0.25) is 0 Å². The van der Waals surface area contributed by atoms with E-state index in [0.717, 1.165) is 36.2 Å². The quantitative estimate of drug-likeness (QED) is 0.744. The summed E-state index contributed by atoms with van der Waals surface area (Å²) < 4.78 is 14.3. The summed E-state index contributed by atoms with van der Waals surface area (Å²) in [5.74, 6) is 0.0359. The minimum absolute atomic E-state index is 0.0183. The molecule has 3 atom stereocenters. The molecule has 2 aromatic rings. The van der Waals surface area contributed by atoms with E-state index >= 15 is 0 Å². The predicted molar refractivity (Wildman–Crippen MR) is 102 cm³/mol. The Kier molecular flexibility index (Phi) is 4.11. The van der Waals surface area contributed by atoms with Crippen molar-refractivity contribution in [2.45, 2.75) is 32.2 Å². The van der Waals surface area contributed by atoms with Gasteiger partial charge < -0.3 is 9.38 Å². The molecular weight excluding hydrogens is 327 g/mol. The van der Waals surface area contributed by atoms with E-state index in [1.54, 1.807) is 12.1 Å². The van der Waals surface area contributed by atoms with Crippen LogP contribution >= 0.6 is 0 Å². The number of piperidine rings is 1. The van der Waals surface area contributed by atoms with Crippen LogP contribution in [0.3, 0.4) is 0 Å². The van der Waals surface area contributed by atoms with Crippen molar-refractivity contribution in [2.75, 3.05) is 31.6 Å².